The molecule has 0 saturated carbocycles. The maximum absolute atomic E-state index is 12.0. The Morgan fingerprint density at radius 2 is 1.84 bits per heavy atom. The summed E-state index contributed by atoms with van der Waals surface area (Å²) in [7, 11) is 0. The molecule has 0 aliphatic carbocycles. The highest BCUT2D eigenvalue weighted by molar-refractivity contribution is 8.00. The van der Waals surface area contributed by atoms with Gasteiger partial charge in [0.25, 0.3) is 0 Å². The van der Waals surface area contributed by atoms with Crippen LogP contribution in [0.1, 0.15) is 6.92 Å². The summed E-state index contributed by atoms with van der Waals surface area (Å²) in [5.74, 6) is -0.0360. The number of anilines is 1. The van der Waals surface area contributed by atoms with Gasteiger partial charge in [-0.1, -0.05) is 11.6 Å². The number of halogens is 1. The van der Waals surface area contributed by atoms with Crippen molar-refractivity contribution in [2.75, 3.05) is 5.32 Å². The third-order valence-electron chi connectivity index (χ3n) is 2.44. The summed E-state index contributed by atoms with van der Waals surface area (Å²) < 4.78 is 0. The topological polar surface area (TPSA) is 42.0 Å². The Labute approximate surface area is 121 Å². The molecule has 1 aromatic carbocycles. The highest BCUT2D eigenvalue weighted by atomic mass is 35.5. The summed E-state index contributed by atoms with van der Waals surface area (Å²) in [6, 6.07) is 11.0. The molecule has 0 bridgehead atoms. The van der Waals surface area contributed by atoms with E-state index in [1.165, 1.54) is 11.8 Å². The SMILES string of the molecule is CC(Sc1ccc(Cl)cc1)C(=O)Nc1ccncc1. The second-order valence-electron chi connectivity index (χ2n) is 3.94. The number of hydrogen-bond acceptors (Lipinski definition) is 3. The second kappa shape index (κ2) is 6.59. The van der Waals surface area contributed by atoms with Gasteiger partial charge in [-0.2, -0.15) is 0 Å². The quantitative estimate of drug-likeness (QED) is 0.870. The van der Waals surface area contributed by atoms with Crippen LogP contribution in [0.2, 0.25) is 5.02 Å². The third-order valence-corrected chi connectivity index (χ3v) is 3.81. The minimum Gasteiger partial charge on any atom is -0.325 e. The van der Waals surface area contributed by atoms with E-state index in [4.69, 9.17) is 11.6 Å². The van der Waals surface area contributed by atoms with E-state index in [1.807, 2.05) is 31.2 Å². The molecule has 2 aromatic rings. The number of nitrogens with zero attached hydrogens (tertiary/aromatic N) is 1. The molecule has 1 atom stereocenters. The van der Waals surface area contributed by atoms with Crippen molar-refractivity contribution in [2.24, 2.45) is 0 Å². The van der Waals surface area contributed by atoms with Gasteiger partial charge in [0, 0.05) is 28.0 Å². The van der Waals surface area contributed by atoms with Gasteiger partial charge in [0.2, 0.25) is 5.91 Å². The first kappa shape index (κ1) is 13.9. The van der Waals surface area contributed by atoms with E-state index in [-0.39, 0.29) is 11.2 Å². The Morgan fingerprint density at radius 1 is 1.21 bits per heavy atom. The molecule has 0 radical (unpaired) electrons. The van der Waals surface area contributed by atoms with Gasteiger partial charge in [0.05, 0.1) is 5.25 Å². The molecular formula is C14H13ClN2OS. The fraction of sp³-hybridized carbons (Fsp3) is 0.143. The summed E-state index contributed by atoms with van der Waals surface area (Å²) in [4.78, 5) is 16.9. The van der Waals surface area contributed by atoms with E-state index >= 15 is 0 Å². The second-order valence-corrected chi connectivity index (χ2v) is 5.79. The number of thioether (sulfide) groups is 1. The number of amides is 1. The molecule has 3 nitrogen and oxygen atoms in total. The molecule has 0 fully saturated rings. The molecule has 1 unspecified atom stereocenters. The molecule has 1 heterocycles. The van der Waals surface area contributed by atoms with Crippen molar-refractivity contribution in [3.05, 3.63) is 53.8 Å². The zero-order chi connectivity index (χ0) is 13.7. The standard InChI is InChI=1S/C14H13ClN2OS/c1-10(19-13-4-2-11(15)3-5-13)14(18)17-12-6-8-16-9-7-12/h2-10H,1H3,(H,16,17,18). The molecule has 5 heteroatoms. The molecule has 1 amide bonds. The number of carbonyl (C=O) groups is 1. The van der Waals surface area contributed by atoms with Gasteiger partial charge in [-0.05, 0) is 43.3 Å². The number of nitrogens with one attached hydrogen (secondary N) is 1. The van der Waals surface area contributed by atoms with E-state index in [2.05, 4.69) is 10.3 Å². The van der Waals surface area contributed by atoms with Crippen LogP contribution in [-0.2, 0) is 4.79 Å². The first-order chi connectivity index (χ1) is 9.15. The summed E-state index contributed by atoms with van der Waals surface area (Å²) in [5.41, 5.74) is 0.753. The lowest BCUT2D eigenvalue weighted by Crippen LogP contribution is -2.22. The number of aromatic nitrogens is 1. The average Bonchev–Trinajstić information content (AvgIpc) is 2.42. The zero-order valence-corrected chi connectivity index (χ0v) is 11.9. The normalized spacial score (nSPS) is 11.9. The Kier molecular flexibility index (Phi) is 4.82. The smallest absolute Gasteiger partial charge is 0.237 e. The lowest BCUT2D eigenvalue weighted by atomic mass is 10.3. The number of hydrogen-bond donors (Lipinski definition) is 1. The van der Waals surface area contributed by atoms with Crippen molar-refractivity contribution < 1.29 is 4.79 Å². The molecule has 0 aliphatic rings. The van der Waals surface area contributed by atoms with E-state index in [9.17, 15) is 4.79 Å². The number of rotatable bonds is 4. The van der Waals surface area contributed by atoms with Crippen LogP contribution in [0.25, 0.3) is 0 Å². The molecule has 19 heavy (non-hydrogen) atoms. The van der Waals surface area contributed by atoms with Gasteiger partial charge in [0.1, 0.15) is 0 Å². The largest absolute Gasteiger partial charge is 0.325 e. The predicted octanol–water partition coefficient (Wildman–Crippen LogP) is 3.85. The Balaban J connectivity index is 1.94. The minimum absolute atomic E-state index is 0.0360. The predicted molar refractivity (Wildman–Crippen MR) is 79.6 cm³/mol. The van der Waals surface area contributed by atoms with Gasteiger partial charge in [-0.3, -0.25) is 9.78 Å². The Bertz CT molecular complexity index is 545. The number of benzene rings is 1. The lowest BCUT2D eigenvalue weighted by molar-refractivity contribution is -0.115. The summed E-state index contributed by atoms with van der Waals surface area (Å²) in [6.45, 7) is 1.87. The van der Waals surface area contributed by atoms with Crippen molar-refractivity contribution in [2.45, 2.75) is 17.1 Å². The van der Waals surface area contributed by atoms with Crippen LogP contribution in [0.15, 0.2) is 53.7 Å². The van der Waals surface area contributed by atoms with Crippen molar-refractivity contribution in [1.29, 1.82) is 0 Å². The van der Waals surface area contributed by atoms with Crippen molar-refractivity contribution in [1.82, 2.24) is 4.98 Å². The summed E-state index contributed by atoms with van der Waals surface area (Å²) >= 11 is 7.32. The monoisotopic (exact) mass is 292 g/mol. The van der Waals surface area contributed by atoms with Gasteiger partial charge >= 0.3 is 0 Å². The maximum atomic E-state index is 12.0. The molecule has 0 spiro atoms. The first-order valence-electron chi connectivity index (χ1n) is 5.78. The van der Waals surface area contributed by atoms with Crippen LogP contribution in [0.5, 0.6) is 0 Å². The summed E-state index contributed by atoms with van der Waals surface area (Å²) in [5, 5.41) is 3.35. The van der Waals surface area contributed by atoms with Crippen LogP contribution >= 0.6 is 23.4 Å². The van der Waals surface area contributed by atoms with Crippen LogP contribution in [0.3, 0.4) is 0 Å². The zero-order valence-electron chi connectivity index (χ0n) is 10.3. The van der Waals surface area contributed by atoms with Gasteiger partial charge in [-0.15, -0.1) is 11.8 Å². The van der Waals surface area contributed by atoms with Crippen LogP contribution in [-0.4, -0.2) is 16.1 Å². The van der Waals surface area contributed by atoms with E-state index in [1.54, 1.807) is 24.5 Å². The lowest BCUT2D eigenvalue weighted by Gasteiger charge is -2.11. The minimum atomic E-state index is -0.186. The highest BCUT2D eigenvalue weighted by Crippen LogP contribution is 2.25. The van der Waals surface area contributed by atoms with E-state index in [0.717, 1.165) is 10.6 Å². The molecular weight excluding hydrogens is 280 g/mol. The van der Waals surface area contributed by atoms with Crippen LogP contribution < -0.4 is 5.32 Å². The average molecular weight is 293 g/mol. The Hall–Kier alpha value is -1.52. The van der Waals surface area contributed by atoms with Crippen LogP contribution in [0, 0.1) is 0 Å². The van der Waals surface area contributed by atoms with Crippen molar-refractivity contribution in [3.63, 3.8) is 0 Å². The Morgan fingerprint density at radius 3 is 2.47 bits per heavy atom. The molecule has 1 N–H and O–H groups in total. The number of pyridine rings is 1. The molecule has 0 aliphatic heterocycles. The fourth-order valence-electron chi connectivity index (χ4n) is 1.45. The van der Waals surface area contributed by atoms with Gasteiger partial charge in [0.15, 0.2) is 0 Å². The van der Waals surface area contributed by atoms with Crippen molar-refractivity contribution in [3.8, 4) is 0 Å². The number of carbonyl (C=O) groups excluding carboxylic acids is 1. The third kappa shape index (κ3) is 4.26. The van der Waals surface area contributed by atoms with E-state index < -0.39 is 0 Å². The molecule has 1 aromatic heterocycles. The molecule has 98 valence electrons. The first-order valence-corrected chi connectivity index (χ1v) is 7.04. The fourth-order valence-corrected chi connectivity index (χ4v) is 2.44. The maximum Gasteiger partial charge on any atom is 0.237 e. The van der Waals surface area contributed by atoms with Crippen molar-refractivity contribution >= 4 is 35.0 Å². The van der Waals surface area contributed by atoms with E-state index in [0.29, 0.717) is 5.02 Å². The molecule has 0 saturated heterocycles. The van der Waals surface area contributed by atoms with Gasteiger partial charge in [-0.25, -0.2) is 0 Å². The molecule has 2 rings (SSSR count). The highest BCUT2D eigenvalue weighted by Gasteiger charge is 2.14. The van der Waals surface area contributed by atoms with Crippen LogP contribution in [0.4, 0.5) is 5.69 Å². The van der Waals surface area contributed by atoms with Gasteiger partial charge < -0.3 is 5.32 Å². The summed E-state index contributed by atoms with van der Waals surface area (Å²) in [6.07, 6.45) is 3.29.